The van der Waals surface area contributed by atoms with E-state index >= 15 is 0 Å². The van der Waals surface area contributed by atoms with Gasteiger partial charge in [-0.25, -0.2) is 15.0 Å². The molecule has 246 valence electrons. The molecular formula is C45H30N5OP. The van der Waals surface area contributed by atoms with E-state index in [1.54, 1.807) is 6.33 Å². The van der Waals surface area contributed by atoms with Gasteiger partial charge in [0.25, 0.3) is 0 Å². The number of nitrogens with zero attached hydrogens (tertiary/aromatic N) is 5. The summed E-state index contributed by atoms with van der Waals surface area (Å²) >= 11 is 0. The molecule has 0 amide bonds. The van der Waals surface area contributed by atoms with Gasteiger partial charge in [0.15, 0.2) is 18.8 Å². The maximum absolute atomic E-state index is 14.9. The standard InChI is InChI=1S/C45H30N5OP/c51-52(34-15-6-2-7-16-34,35-17-8-3-9-18-35)36-26-23-31(24-27-36)44-46-30-47-45(48-44)32-25-28-40-42(29-32)49(33-13-4-1-5-14-33)41-22-12-20-38-37-19-10-11-21-39(37)50(40)43(38)41/h1-30H. The van der Waals surface area contributed by atoms with Crippen LogP contribution in [0.3, 0.4) is 0 Å². The van der Waals surface area contributed by atoms with Crippen LogP contribution in [0, 0.1) is 0 Å². The summed E-state index contributed by atoms with van der Waals surface area (Å²) in [4.78, 5) is 16.5. The first-order chi connectivity index (χ1) is 25.7. The van der Waals surface area contributed by atoms with Gasteiger partial charge in [-0.05, 0) is 42.5 Å². The Hall–Kier alpha value is -6.62. The van der Waals surface area contributed by atoms with Crippen LogP contribution in [0.5, 0.6) is 0 Å². The molecule has 1 aliphatic heterocycles. The second kappa shape index (κ2) is 12.0. The Morgan fingerprint density at radius 2 is 1.04 bits per heavy atom. The molecule has 6 nitrogen and oxygen atoms in total. The molecule has 0 aliphatic carbocycles. The predicted octanol–water partition coefficient (Wildman–Crippen LogP) is 9.73. The lowest BCUT2D eigenvalue weighted by Gasteiger charge is -2.33. The largest absolute Gasteiger partial charge is 0.309 e. The Balaban J connectivity index is 1.08. The Kier molecular flexibility index (Phi) is 6.98. The first kappa shape index (κ1) is 30.2. The van der Waals surface area contributed by atoms with E-state index in [-0.39, 0.29) is 0 Å². The zero-order valence-corrected chi connectivity index (χ0v) is 28.8. The van der Waals surface area contributed by atoms with E-state index < -0.39 is 7.14 Å². The van der Waals surface area contributed by atoms with Crippen molar-refractivity contribution in [3.8, 4) is 28.5 Å². The molecule has 0 saturated heterocycles. The van der Waals surface area contributed by atoms with Gasteiger partial charge in [-0.15, -0.1) is 0 Å². The minimum Gasteiger partial charge on any atom is -0.309 e. The van der Waals surface area contributed by atoms with Crippen molar-refractivity contribution in [2.75, 3.05) is 4.90 Å². The lowest BCUT2D eigenvalue weighted by molar-refractivity contribution is 0.592. The molecule has 9 aromatic rings. The molecule has 7 aromatic carbocycles. The van der Waals surface area contributed by atoms with Gasteiger partial charge in [0.05, 0.1) is 28.1 Å². The van der Waals surface area contributed by atoms with Crippen LogP contribution in [0.4, 0.5) is 17.1 Å². The molecule has 3 heterocycles. The van der Waals surface area contributed by atoms with Crippen molar-refractivity contribution >= 4 is 61.9 Å². The van der Waals surface area contributed by atoms with Gasteiger partial charge in [0, 0.05) is 43.5 Å². The van der Waals surface area contributed by atoms with Gasteiger partial charge in [0.2, 0.25) is 0 Å². The Labute approximate surface area is 300 Å². The average Bonchev–Trinajstić information content (AvgIpc) is 3.57. The van der Waals surface area contributed by atoms with Crippen molar-refractivity contribution in [1.82, 2.24) is 19.5 Å². The maximum atomic E-state index is 14.9. The third-order valence-electron chi connectivity index (χ3n) is 9.94. The Morgan fingerprint density at radius 1 is 0.462 bits per heavy atom. The van der Waals surface area contributed by atoms with Crippen LogP contribution in [0.1, 0.15) is 0 Å². The van der Waals surface area contributed by atoms with E-state index in [1.807, 2.05) is 91.0 Å². The molecule has 0 bridgehead atoms. The molecule has 0 fully saturated rings. The molecule has 1 aliphatic rings. The van der Waals surface area contributed by atoms with Crippen LogP contribution in [-0.4, -0.2) is 19.5 Å². The average molecular weight is 688 g/mol. The second-order valence-corrected chi connectivity index (χ2v) is 15.6. The fourth-order valence-corrected chi connectivity index (χ4v) is 10.2. The summed E-state index contributed by atoms with van der Waals surface area (Å²) in [7, 11) is -3.10. The first-order valence-electron chi connectivity index (χ1n) is 17.2. The van der Waals surface area contributed by atoms with E-state index in [9.17, 15) is 4.57 Å². The third kappa shape index (κ3) is 4.65. The lowest BCUT2D eigenvalue weighted by Crippen LogP contribution is -2.24. The van der Waals surface area contributed by atoms with E-state index in [0.717, 1.165) is 49.8 Å². The predicted molar refractivity (Wildman–Crippen MR) is 213 cm³/mol. The minimum absolute atomic E-state index is 0.548. The molecule has 0 saturated carbocycles. The second-order valence-electron chi connectivity index (χ2n) is 12.9. The quantitative estimate of drug-likeness (QED) is 0.163. The molecule has 10 rings (SSSR count). The van der Waals surface area contributed by atoms with Crippen molar-refractivity contribution in [1.29, 1.82) is 0 Å². The monoisotopic (exact) mass is 687 g/mol. The van der Waals surface area contributed by atoms with Crippen molar-refractivity contribution < 1.29 is 4.57 Å². The third-order valence-corrected chi connectivity index (χ3v) is 13.0. The zero-order valence-electron chi connectivity index (χ0n) is 27.9. The number of benzene rings is 7. The van der Waals surface area contributed by atoms with E-state index in [0.29, 0.717) is 11.6 Å². The fraction of sp³-hybridized carbons (Fsp3) is 0. The van der Waals surface area contributed by atoms with Crippen molar-refractivity contribution in [3.05, 3.63) is 182 Å². The highest BCUT2D eigenvalue weighted by molar-refractivity contribution is 7.85. The van der Waals surface area contributed by atoms with Crippen LogP contribution in [0.15, 0.2) is 182 Å². The number of aromatic nitrogens is 4. The zero-order chi connectivity index (χ0) is 34.6. The molecule has 7 heteroatoms. The minimum atomic E-state index is -3.10. The topological polar surface area (TPSA) is 63.9 Å². The summed E-state index contributed by atoms with van der Waals surface area (Å²) in [5.41, 5.74) is 8.36. The molecular weight excluding hydrogens is 658 g/mol. The van der Waals surface area contributed by atoms with E-state index in [2.05, 4.69) is 104 Å². The van der Waals surface area contributed by atoms with Crippen LogP contribution in [0.25, 0.3) is 50.3 Å². The van der Waals surface area contributed by atoms with Gasteiger partial charge in [-0.1, -0.05) is 133 Å². The number of hydrogen-bond acceptors (Lipinski definition) is 5. The Bertz CT molecular complexity index is 2780. The van der Waals surface area contributed by atoms with Crippen LogP contribution < -0.4 is 20.8 Å². The lowest BCUT2D eigenvalue weighted by atomic mass is 10.0. The highest BCUT2D eigenvalue weighted by Crippen LogP contribution is 2.50. The van der Waals surface area contributed by atoms with Crippen molar-refractivity contribution in [3.63, 3.8) is 0 Å². The number of rotatable bonds is 6. The highest BCUT2D eigenvalue weighted by Gasteiger charge is 2.31. The van der Waals surface area contributed by atoms with Gasteiger partial charge in [-0.2, -0.15) is 0 Å². The van der Waals surface area contributed by atoms with Crippen molar-refractivity contribution in [2.45, 2.75) is 0 Å². The summed E-state index contributed by atoms with van der Waals surface area (Å²) < 4.78 is 17.3. The number of para-hydroxylation sites is 3. The van der Waals surface area contributed by atoms with Gasteiger partial charge >= 0.3 is 0 Å². The molecule has 2 aromatic heterocycles. The Morgan fingerprint density at radius 3 is 1.75 bits per heavy atom. The van der Waals surface area contributed by atoms with Crippen molar-refractivity contribution in [2.24, 2.45) is 0 Å². The summed E-state index contributed by atoms with van der Waals surface area (Å²) in [6.45, 7) is 0. The SMILES string of the molecule is O=P(c1ccccc1)(c1ccccc1)c1ccc(-c2ncnc(-c3ccc4c(c3)N(c3ccccc3)c3cccc5c6ccccc6n-4c35)n2)cc1. The van der Waals surface area contributed by atoms with Gasteiger partial charge < -0.3 is 14.0 Å². The maximum Gasteiger partial charge on any atom is 0.171 e. The number of anilines is 3. The summed E-state index contributed by atoms with van der Waals surface area (Å²) in [5.74, 6) is 1.12. The smallest absolute Gasteiger partial charge is 0.171 e. The summed E-state index contributed by atoms with van der Waals surface area (Å²) in [6, 6.07) is 59.3. The summed E-state index contributed by atoms with van der Waals surface area (Å²) in [6.07, 6.45) is 1.57. The fourth-order valence-electron chi connectivity index (χ4n) is 7.56. The van der Waals surface area contributed by atoms with Crippen LogP contribution >= 0.6 is 7.14 Å². The van der Waals surface area contributed by atoms with E-state index in [1.165, 1.54) is 21.8 Å². The summed E-state index contributed by atoms with van der Waals surface area (Å²) in [5, 5.41) is 4.79. The van der Waals surface area contributed by atoms with Gasteiger partial charge in [0.1, 0.15) is 6.33 Å². The number of hydrogen-bond donors (Lipinski definition) is 0. The molecule has 0 N–H and O–H groups in total. The van der Waals surface area contributed by atoms with Crippen LogP contribution in [-0.2, 0) is 4.57 Å². The molecule has 0 atom stereocenters. The molecule has 0 spiro atoms. The van der Waals surface area contributed by atoms with Gasteiger partial charge in [-0.3, -0.25) is 0 Å². The van der Waals surface area contributed by atoms with Crippen LogP contribution in [0.2, 0.25) is 0 Å². The molecule has 52 heavy (non-hydrogen) atoms. The van der Waals surface area contributed by atoms with E-state index in [4.69, 9.17) is 4.98 Å². The molecule has 0 unspecified atom stereocenters. The molecule has 0 radical (unpaired) electrons. The highest BCUT2D eigenvalue weighted by atomic mass is 31.2. The first-order valence-corrected chi connectivity index (χ1v) is 18.9. The number of fused-ring (bicyclic) bond motifs is 5. The normalized spacial score (nSPS) is 12.3.